The zero-order valence-electron chi connectivity index (χ0n) is 24.8. The van der Waals surface area contributed by atoms with Gasteiger partial charge in [0.1, 0.15) is 0 Å². The number of fused-ring (bicyclic) bond motifs is 20. The standard InChI is InChI=1S/C42H26N4/c1-2-12-25(13-3-1)40-41-32-20-10-8-18-30(32)38(45-41)23-36-28-16-6-4-14-26(28)34(43-36)22-35-27-15-5-7-17-29(27)37(44-35)24-39-31-19-9-11-21-33(31)42(40)46-39/h1-24,43,46H. The van der Waals surface area contributed by atoms with E-state index < -0.39 is 0 Å². The number of benzene rings is 5. The lowest BCUT2D eigenvalue weighted by Crippen LogP contribution is -1.85. The molecular weight excluding hydrogens is 560 g/mol. The molecule has 0 radical (unpaired) electrons. The molecule has 2 aliphatic rings. The van der Waals surface area contributed by atoms with Crippen LogP contribution in [0.5, 0.6) is 0 Å². The van der Waals surface area contributed by atoms with E-state index in [2.05, 4.69) is 156 Å². The highest BCUT2D eigenvalue weighted by atomic mass is 14.8. The molecule has 2 N–H and O–H groups in total. The zero-order valence-corrected chi connectivity index (χ0v) is 24.8. The van der Waals surface area contributed by atoms with Gasteiger partial charge in [0.05, 0.1) is 28.3 Å². The summed E-state index contributed by atoms with van der Waals surface area (Å²) >= 11 is 0. The Labute approximate surface area is 264 Å². The Morgan fingerprint density at radius 2 is 0.804 bits per heavy atom. The highest BCUT2D eigenvalue weighted by molar-refractivity contribution is 6.15. The molecule has 5 heterocycles. The lowest BCUT2D eigenvalue weighted by Gasteiger charge is -2.07. The summed E-state index contributed by atoms with van der Waals surface area (Å²) in [5, 5.41) is 4.61. The van der Waals surface area contributed by atoms with Gasteiger partial charge in [-0.3, -0.25) is 0 Å². The Bertz CT molecular complexity index is 2700. The van der Waals surface area contributed by atoms with Crippen LogP contribution in [0.3, 0.4) is 0 Å². The molecule has 0 aliphatic carbocycles. The predicted octanol–water partition coefficient (Wildman–Crippen LogP) is 11.0. The minimum atomic E-state index is 0.937. The van der Waals surface area contributed by atoms with Crippen LogP contribution in [0.15, 0.2) is 146 Å². The van der Waals surface area contributed by atoms with Crippen molar-refractivity contribution in [3.8, 4) is 56.2 Å². The van der Waals surface area contributed by atoms with Crippen LogP contribution >= 0.6 is 0 Å². The van der Waals surface area contributed by atoms with E-state index in [9.17, 15) is 0 Å². The fourth-order valence-electron chi connectivity index (χ4n) is 7.25. The van der Waals surface area contributed by atoms with E-state index in [-0.39, 0.29) is 0 Å². The molecule has 0 atom stereocenters. The molecule has 4 heteroatoms. The second-order valence-electron chi connectivity index (χ2n) is 12.0. The Morgan fingerprint density at radius 1 is 0.370 bits per heavy atom. The van der Waals surface area contributed by atoms with E-state index in [0.29, 0.717) is 0 Å². The number of aromatic nitrogens is 4. The SMILES string of the molecule is c1ccc(-c2c3nc(cc4[nH]c(cc5nc(cc6[nH]c2c2ccccc62)-c2ccccc2-5)c2ccccc42)-c2ccccc2-3)cc1. The van der Waals surface area contributed by atoms with E-state index in [1.807, 2.05) is 0 Å². The minimum Gasteiger partial charge on any atom is -0.354 e. The molecule has 0 saturated heterocycles. The average molecular weight is 587 g/mol. The van der Waals surface area contributed by atoms with Crippen molar-refractivity contribution in [3.05, 3.63) is 146 Å². The zero-order chi connectivity index (χ0) is 30.2. The number of hydrogen-bond acceptors (Lipinski definition) is 2. The van der Waals surface area contributed by atoms with Gasteiger partial charge in [-0.2, -0.15) is 0 Å². The maximum absolute atomic E-state index is 5.45. The van der Waals surface area contributed by atoms with E-state index in [0.717, 1.165) is 99.8 Å². The summed E-state index contributed by atoms with van der Waals surface area (Å²) in [6.45, 7) is 0. The Hall–Kier alpha value is -6.26. The first-order chi connectivity index (χ1) is 22.8. The molecule has 5 aromatic carbocycles. The smallest absolute Gasteiger partial charge is 0.0815 e. The molecular formula is C42H26N4. The van der Waals surface area contributed by atoms with Crippen LogP contribution in [0.2, 0.25) is 0 Å². The first-order valence-corrected chi connectivity index (χ1v) is 15.6. The van der Waals surface area contributed by atoms with Crippen molar-refractivity contribution in [2.45, 2.75) is 0 Å². The molecule has 10 rings (SSSR count). The first-order valence-electron chi connectivity index (χ1n) is 15.6. The summed E-state index contributed by atoms with van der Waals surface area (Å²) in [7, 11) is 0. The van der Waals surface area contributed by atoms with Crippen molar-refractivity contribution < 1.29 is 0 Å². The van der Waals surface area contributed by atoms with Gasteiger partial charge in [-0.15, -0.1) is 0 Å². The Kier molecular flexibility index (Phi) is 5.25. The Morgan fingerprint density at radius 3 is 1.41 bits per heavy atom. The van der Waals surface area contributed by atoms with E-state index in [4.69, 9.17) is 9.97 Å². The molecule has 0 spiro atoms. The fourth-order valence-corrected chi connectivity index (χ4v) is 7.25. The van der Waals surface area contributed by atoms with Crippen LogP contribution in [-0.2, 0) is 0 Å². The summed E-state index contributed by atoms with van der Waals surface area (Å²) in [5.41, 5.74) is 14.6. The molecule has 8 aromatic rings. The van der Waals surface area contributed by atoms with Gasteiger partial charge in [0.2, 0.25) is 0 Å². The van der Waals surface area contributed by atoms with Gasteiger partial charge in [0.15, 0.2) is 0 Å². The molecule has 0 amide bonds. The topological polar surface area (TPSA) is 57.4 Å². The third-order valence-electron chi connectivity index (χ3n) is 9.33. The molecule has 4 nitrogen and oxygen atoms in total. The van der Waals surface area contributed by atoms with E-state index >= 15 is 0 Å². The third kappa shape index (κ3) is 3.67. The monoisotopic (exact) mass is 586 g/mol. The summed E-state index contributed by atoms with van der Waals surface area (Å²) < 4.78 is 0. The van der Waals surface area contributed by atoms with Crippen molar-refractivity contribution in [3.63, 3.8) is 0 Å². The lowest BCUT2D eigenvalue weighted by molar-refractivity contribution is 1.40. The quantitative estimate of drug-likeness (QED) is 0.201. The fraction of sp³-hybridized carbons (Fsp3) is 0. The van der Waals surface area contributed by atoms with E-state index in [1.54, 1.807) is 0 Å². The highest BCUT2D eigenvalue weighted by Gasteiger charge is 2.23. The van der Waals surface area contributed by atoms with Gasteiger partial charge in [0.25, 0.3) is 0 Å². The van der Waals surface area contributed by atoms with Gasteiger partial charge < -0.3 is 9.97 Å². The highest BCUT2D eigenvalue weighted by Crippen LogP contribution is 2.44. The number of nitrogens with one attached hydrogen (secondary N) is 2. The van der Waals surface area contributed by atoms with Crippen LogP contribution in [0.1, 0.15) is 0 Å². The molecule has 2 aliphatic heterocycles. The number of aromatic amines is 2. The summed E-state index contributed by atoms with van der Waals surface area (Å²) in [4.78, 5) is 18.3. The molecule has 0 fully saturated rings. The first kappa shape index (κ1) is 25.1. The lowest BCUT2D eigenvalue weighted by atomic mass is 9.96. The number of hydrogen-bond donors (Lipinski definition) is 2. The van der Waals surface area contributed by atoms with Crippen LogP contribution < -0.4 is 0 Å². The second-order valence-corrected chi connectivity index (χ2v) is 12.0. The summed E-state index contributed by atoms with van der Waals surface area (Å²) in [5.74, 6) is 0. The normalized spacial score (nSPS) is 11.9. The number of rotatable bonds is 1. The number of nitrogens with zero attached hydrogens (tertiary/aromatic N) is 2. The van der Waals surface area contributed by atoms with E-state index in [1.165, 1.54) is 0 Å². The molecule has 0 saturated carbocycles. The van der Waals surface area contributed by atoms with Crippen LogP contribution in [0.25, 0.3) is 99.8 Å². The van der Waals surface area contributed by atoms with Gasteiger partial charge in [-0.25, -0.2) is 9.97 Å². The predicted molar refractivity (Wildman–Crippen MR) is 190 cm³/mol. The minimum absolute atomic E-state index is 0.937. The van der Waals surface area contributed by atoms with Gasteiger partial charge in [0, 0.05) is 65.9 Å². The molecule has 46 heavy (non-hydrogen) atoms. The molecule has 214 valence electrons. The molecule has 8 bridgehead atoms. The van der Waals surface area contributed by atoms with Gasteiger partial charge in [-0.1, -0.05) is 127 Å². The van der Waals surface area contributed by atoms with Crippen LogP contribution in [0, 0.1) is 0 Å². The Balaban J connectivity index is 1.48. The van der Waals surface area contributed by atoms with Crippen LogP contribution in [-0.4, -0.2) is 19.9 Å². The van der Waals surface area contributed by atoms with Crippen molar-refractivity contribution in [1.82, 2.24) is 19.9 Å². The maximum atomic E-state index is 5.45. The molecule has 3 aromatic heterocycles. The largest absolute Gasteiger partial charge is 0.354 e. The number of H-pyrrole nitrogens is 2. The van der Waals surface area contributed by atoms with Crippen LogP contribution in [0.4, 0.5) is 0 Å². The van der Waals surface area contributed by atoms with Crippen molar-refractivity contribution >= 4 is 43.6 Å². The summed E-state index contributed by atoms with van der Waals surface area (Å²) in [6, 6.07) is 51.5. The second kappa shape index (κ2) is 9.62. The van der Waals surface area contributed by atoms with Gasteiger partial charge in [-0.05, 0) is 23.8 Å². The van der Waals surface area contributed by atoms with Gasteiger partial charge >= 0.3 is 0 Å². The third-order valence-corrected chi connectivity index (χ3v) is 9.33. The van der Waals surface area contributed by atoms with Crippen molar-refractivity contribution in [2.24, 2.45) is 0 Å². The summed E-state index contributed by atoms with van der Waals surface area (Å²) in [6.07, 6.45) is 0. The maximum Gasteiger partial charge on any atom is 0.0815 e. The van der Waals surface area contributed by atoms with Crippen molar-refractivity contribution in [2.75, 3.05) is 0 Å². The molecule has 0 unspecified atom stereocenters. The van der Waals surface area contributed by atoms with Crippen molar-refractivity contribution in [1.29, 1.82) is 0 Å². The average Bonchev–Trinajstić information content (AvgIpc) is 3.85.